The zero-order chi connectivity index (χ0) is 25.4. The number of carbonyl (C=O) groups is 3. The Labute approximate surface area is 202 Å². The van der Waals surface area contributed by atoms with Crippen LogP contribution in [0.15, 0.2) is 63.6 Å². The van der Waals surface area contributed by atoms with E-state index in [0.29, 0.717) is 11.3 Å². The van der Waals surface area contributed by atoms with Crippen molar-refractivity contribution in [2.75, 3.05) is 14.2 Å². The predicted molar refractivity (Wildman–Crippen MR) is 126 cm³/mol. The van der Waals surface area contributed by atoms with Crippen molar-refractivity contribution < 1.29 is 33.5 Å². The average Bonchev–Trinajstić information content (AvgIpc) is 3.21. The summed E-state index contributed by atoms with van der Waals surface area (Å²) >= 11 is 0.947. The van der Waals surface area contributed by atoms with Crippen molar-refractivity contribution in [3.63, 3.8) is 0 Å². The molecule has 0 aromatic heterocycles. The minimum Gasteiger partial charge on any atom is -0.489 e. The average molecular weight is 498 g/mol. The molecule has 2 aromatic rings. The van der Waals surface area contributed by atoms with Gasteiger partial charge in [-0.05, 0) is 47.7 Å². The van der Waals surface area contributed by atoms with E-state index in [1.807, 2.05) is 0 Å². The van der Waals surface area contributed by atoms with Crippen LogP contribution in [0.3, 0.4) is 0 Å². The van der Waals surface area contributed by atoms with Gasteiger partial charge in [-0.3, -0.25) is 20.2 Å². The van der Waals surface area contributed by atoms with Crippen LogP contribution in [-0.4, -0.2) is 48.4 Å². The third-order valence-corrected chi connectivity index (χ3v) is 5.37. The van der Waals surface area contributed by atoms with E-state index in [2.05, 4.69) is 20.3 Å². The Hall–Kier alpha value is -4.52. The number of hydrogen-bond acceptors (Lipinski definition) is 11. The minimum absolute atomic E-state index is 0.0472. The zero-order valence-corrected chi connectivity index (χ0v) is 19.2. The van der Waals surface area contributed by atoms with Crippen molar-refractivity contribution in [3.8, 4) is 5.75 Å². The van der Waals surface area contributed by atoms with Crippen molar-refractivity contribution in [1.29, 1.82) is 0 Å². The molecule has 0 aliphatic carbocycles. The maximum Gasteiger partial charge on any atom is 0.338 e. The summed E-state index contributed by atoms with van der Waals surface area (Å²) in [6, 6.07) is 10.7. The lowest BCUT2D eigenvalue weighted by Crippen LogP contribution is -2.19. The molecule has 2 aromatic carbocycles. The van der Waals surface area contributed by atoms with Gasteiger partial charge in [0, 0.05) is 12.1 Å². The summed E-state index contributed by atoms with van der Waals surface area (Å²) in [5.74, 6) is -1.44. The molecule has 180 valence electrons. The molecule has 0 spiro atoms. The van der Waals surface area contributed by atoms with E-state index < -0.39 is 22.8 Å². The number of nitrogens with zero attached hydrogens (tertiary/aromatic N) is 3. The van der Waals surface area contributed by atoms with Crippen molar-refractivity contribution in [1.82, 2.24) is 5.32 Å². The Bertz CT molecular complexity index is 1250. The molecule has 13 heteroatoms. The van der Waals surface area contributed by atoms with E-state index in [4.69, 9.17) is 9.47 Å². The fourth-order valence-electron chi connectivity index (χ4n) is 2.79. The fourth-order valence-corrected chi connectivity index (χ4v) is 3.53. The molecule has 0 unspecified atom stereocenters. The van der Waals surface area contributed by atoms with Crippen LogP contribution in [0.4, 0.5) is 5.69 Å². The molecular formula is C22H18N4O8S. The second kappa shape index (κ2) is 11.6. The quantitative estimate of drug-likeness (QED) is 0.190. The molecule has 0 radical (unpaired) electrons. The highest BCUT2D eigenvalue weighted by molar-refractivity contribution is 8.18. The number of benzene rings is 2. The molecule has 3 rings (SSSR count). The summed E-state index contributed by atoms with van der Waals surface area (Å²) < 4.78 is 14.8. The number of nitro benzene ring substituents is 1. The molecule has 1 aliphatic rings. The highest BCUT2D eigenvalue weighted by Crippen LogP contribution is 2.26. The largest absolute Gasteiger partial charge is 0.489 e. The van der Waals surface area contributed by atoms with Gasteiger partial charge >= 0.3 is 11.9 Å². The van der Waals surface area contributed by atoms with Gasteiger partial charge in [0.2, 0.25) is 0 Å². The van der Waals surface area contributed by atoms with Gasteiger partial charge in [0.1, 0.15) is 12.4 Å². The van der Waals surface area contributed by atoms with Crippen LogP contribution in [0.5, 0.6) is 5.75 Å². The van der Waals surface area contributed by atoms with Gasteiger partial charge in [0.15, 0.2) is 5.17 Å². The first-order valence-corrected chi connectivity index (χ1v) is 10.6. The van der Waals surface area contributed by atoms with Crippen LogP contribution in [0.25, 0.3) is 0 Å². The molecule has 0 bridgehead atoms. The van der Waals surface area contributed by atoms with Crippen LogP contribution in [0.2, 0.25) is 0 Å². The summed E-state index contributed by atoms with van der Waals surface area (Å²) in [5, 5.41) is 21.8. The predicted octanol–water partition coefficient (Wildman–Crippen LogP) is 2.57. The molecule has 1 N–H and O–H groups in total. The normalized spacial score (nSPS) is 15.3. The van der Waals surface area contributed by atoms with Crippen molar-refractivity contribution in [3.05, 3.63) is 80.3 Å². The number of rotatable bonds is 8. The maximum atomic E-state index is 12.0. The van der Waals surface area contributed by atoms with E-state index in [-0.39, 0.29) is 33.5 Å². The number of methoxy groups -OCH3 is 2. The van der Waals surface area contributed by atoms with Gasteiger partial charge in [0.05, 0.1) is 41.4 Å². The summed E-state index contributed by atoms with van der Waals surface area (Å²) in [6.45, 7) is -0.221. The number of amides is 1. The summed E-state index contributed by atoms with van der Waals surface area (Å²) in [5.41, 5.74) is 0.549. The Morgan fingerprint density at radius 2 is 1.89 bits per heavy atom. The number of nitro groups is 1. The maximum absolute atomic E-state index is 12.0. The summed E-state index contributed by atoms with van der Waals surface area (Å²) in [6.07, 6.45) is 2.49. The number of hydrogen-bond donors (Lipinski definition) is 1. The van der Waals surface area contributed by atoms with E-state index in [0.717, 1.165) is 17.8 Å². The highest BCUT2D eigenvalue weighted by Gasteiger charge is 2.25. The third kappa shape index (κ3) is 6.51. The van der Waals surface area contributed by atoms with E-state index in [1.54, 1.807) is 24.3 Å². The molecule has 0 saturated carbocycles. The van der Waals surface area contributed by atoms with Gasteiger partial charge in [-0.15, -0.1) is 5.10 Å². The molecule has 1 amide bonds. The Kier molecular flexibility index (Phi) is 8.29. The van der Waals surface area contributed by atoms with E-state index in [1.165, 1.54) is 38.6 Å². The fraction of sp³-hybridized carbons (Fsp3) is 0.136. The molecule has 1 saturated heterocycles. The molecular weight excluding hydrogens is 480 g/mol. The van der Waals surface area contributed by atoms with Crippen LogP contribution in [-0.2, 0) is 25.7 Å². The van der Waals surface area contributed by atoms with Crippen LogP contribution >= 0.6 is 11.8 Å². The first-order chi connectivity index (χ1) is 16.8. The monoisotopic (exact) mass is 498 g/mol. The molecule has 1 fully saturated rings. The SMILES string of the molecule is COC(=O)/C=C1/S/C(=N\N=Cc2ccc(OCc3c(C(=O)OC)cccc3[N+](=O)[O-])cc2)NC1=O. The van der Waals surface area contributed by atoms with Gasteiger partial charge in [-0.1, -0.05) is 6.07 Å². The highest BCUT2D eigenvalue weighted by atomic mass is 32.2. The van der Waals surface area contributed by atoms with Crippen molar-refractivity contribution in [2.24, 2.45) is 10.2 Å². The Balaban J connectivity index is 1.65. The smallest absolute Gasteiger partial charge is 0.338 e. The van der Waals surface area contributed by atoms with Gasteiger partial charge in [0.25, 0.3) is 11.6 Å². The number of thioether (sulfide) groups is 1. The van der Waals surface area contributed by atoms with Crippen LogP contribution in [0.1, 0.15) is 21.5 Å². The van der Waals surface area contributed by atoms with Gasteiger partial charge < -0.3 is 14.2 Å². The van der Waals surface area contributed by atoms with E-state index >= 15 is 0 Å². The lowest BCUT2D eigenvalue weighted by Gasteiger charge is -2.10. The molecule has 1 aliphatic heterocycles. The van der Waals surface area contributed by atoms with Crippen molar-refractivity contribution in [2.45, 2.75) is 6.61 Å². The number of nitrogens with one attached hydrogen (secondary N) is 1. The zero-order valence-electron chi connectivity index (χ0n) is 18.4. The number of carbonyl (C=O) groups excluding carboxylic acids is 3. The topological polar surface area (TPSA) is 159 Å². The molecule has 1 heterocycles. The first-order valence-electron chi connectivity index (χ1n) is 9.79. The Morgan fingerprint density at radius 1 is 1.14 bits per heavy atom. The first kappa shape index (κ1) is 25.1. The molecule has 35 heavy (non-hydrogen) atoms. The lowest BCUT2D eigenvalue weighted by atomic mass is 10.1. The second-order valence-electron chi connectivity index (χ2n) is 6.65. The van der Waals surface area contributed by atoms with Gasteiger partial charge in [-0.25, -0.2) is 9.59 Å². The second-order valence-corrected chi connectivity index (χ2v) is 7.68. The van der Waals surface area contributed by atoms with Crippen LogP contribution in [0, 0.1) is 10.1 Å². The number of amidine groups is 1. The standard InChI is InChI=1S/C22H18N4O8S/c1-32-19(27)10-18-20(28)24-22(35-18)25-23-11-13-6-8-14(9-7-13)34-12-16-15(21(29)33-2)4-3-5-17(16)26(30)31/h3-11H,12H2,1-2H3,(H,24,25,28)/b18-10+,23-11?. The van der Waals surface area contributed by atoms with Crippen molar-refractivity contribution >= 4 is 46.7 Å². The number of ether oxygens (including phenoxy) is 3. The Morgan fingerprint density at radius 3 is 2.54 bits per heavy atom. The lowest BCUT2D eigenvalue weighted by molar-refractivity contribution is -0.385. The van der Waals surface area contributed by atoms with Gasteiger partial charge in [-0.2, -0.15) is 5.10 Å². The third-order valence-electron chi connectivity index (χ3n) is 4.47. The summed E-state index contributed by atoms with van der Waals surface area (Å²) in [4.78, 5) is 45.9. The molecule has 0 atom stereocenters. The number of esters is 2. The van der Waals surface area contributed by atoms with E-state index in [9.17, 15) is 24.5 Å². The molecule has 12 nitrogen and oxygen atoms in total. The van der Waals surface area contributed by atoms with Crippen LogP contribution < -0.4 is 10.1 Å². The summed E-state index contributed by atoms with van der Waals surface area (Å²) in [7, 11) is 2.39. The minimum atomic E-state index is -0.704.